The van der Waals surface area contributed by atoms with Crippen molar-refractivity contribution in [2.75, 3.05) is 0 Å². The zero-order valence-corrected chi connectivity index (χ0v) is 9.33. The van der Waals surface area contributed by atoms with E-state index in [1.54, 1.807) is 0 Å². The molecule has 0 saturated carbocycles. The molecule has 9 heteroatoms. The Morgan fingerprint density at radius 2 is 1.76 bits per heavy atom. The van der Waals surface area contributed by atoms with E-state index in [2.05, 4.69) is 0 Å². The van der Waals surface area contributed by atoms with Gasteiger partial charge in [-0.1, -0.05) is 0 Å². The van der Waals surface area contributed by atoms with Crippen LogP contribution in [0.3, 0.4) is 0 Å². The van der Waals surface area contributed by atoms with Gasteiger partial charge in [-0.25, -0.2) is 12.8 Å². The summed E-state index contributed by atoms with van der Waals surface area (Å²) in [4.78, 5) is 9.98. The van der Waals surface area contributed by atoms with Crippen LogP contribution in [0, 0.1) is 5.82 Å². The molecule has 1 aromatic carbocycles. The maximum Gasteiger partial charge on any atom is 0.454 e. The monoisotopic (exact) mass is 290 g/mol. The topological polar surface area (TPSA) is 51.2 Å². The molecule has 0 aliphatic carbocycles. The largest absolute Gasteiger partial charge is 0.454 e. The summed E-state index contributed by atoms with van der Waals surface area (Å²) >= 11 is 0. The van der Waals surface area contributed by atoms with Gasteiger partial charge in [-0.3, -0.25) is 4.79 Å². The summed E-state index contributed by atoms with van der Waals surface area (Å²) in [5.74, 6) is -3.95. The second-order valence-corrected chi connectivity index (χ2v) is 5.47. The molecule has 3 nitrogen and oxygen atoms in total. The van der Waals surface area contributed by atoms with E-state index in [-0.39, 0.29) is 6.07 Å². The Bertz CT molecular complexity index is 565. The predicted molar refractivity (Wildman–Crippen MR) is 49.8 cm³/mol. The number of ketones is 1. The highest BCUT2D eigenvalue weighted by Crippen LogP contribution is 2.26. The van der Waals surface area contributed by atoms with Crippen LogP contribution in [0.1, 0.15) is 10.4 Å². The van der Waals surface area contributed by atoms with Gasteiger partial charge in [-0.15, -0.1) is 0 Å². The number of Topliss-reactive ketones (excluding diaryl/α,β-unsaturated/α-hetero) is 1. The summed E-state index contributed by atoms with van der Waals surface area (Å²) in [6.07, 6.45) is -5.30. The lowest BCUT2D eigenvalue weighted by Gasteiger charge is -2.07. The molecule has 0 amide bonds. The minimum atomic E-state index is -5.30. The van der Waals surface area contributed by atoms with Gasteiger partial charge in [0.15, 0.2) is 0 Å². The SMILES string of the molecule is O=C(c1cc(S(=O)(=O)Cl)ccc1F)C(F)(F)F. The van der Waals surface area contributed by atoms with Crippen molar-refractivity contribution in [2.24, 2.45) is 0 Å². The van der Waals surface area contributed by atoms with Crippen molar-refractivity contribution in [1.82, 2.24) is 0 Å². The number of hydrogen-bond donors (Lipinski definition) is 0. The number of halogens is 5. The van der Waals surface area contributed by atoms with Crippen molar-refractivity contribution in [3.05, 3.63) is 29.6 Å². The molecule has 94 valence electrons. The van der Waals surface area contributed by atoms with E-state index >= 15 is 0 Å². The molecule has 0 atom stereocenters. The van der Waals surface area contributed by atoms with E-state index in [4.69, 9.17) is 10.7 Å². The van der Waals surface area contributed by atoms with Crippen LogP contribution in [-0.4, -0.2) is 20.4 Å². The maximum absolute atomic E-state index is 13.0. The quantitative estimate of drug-likeness (QED) is 0.478. The van der Waals surface area contributed by atoms with Crippen molar-refractivity contribution in [3.63, 3.8) is 0 Å². The molecule has 0 fully saturated rings. The van der Waals surface area contributed by atoms with E-state index in [9.17, 15) is 30.8 Å². The molecule has 0 bridgehead atoms. The van der Waals surface area contributed by atoms with Crippen LogP contribution in [0.5, 0.6) is 0 Å². The lowest BCUT2D eigenvalue weighted by molar-refractivity contribution is -0.0887. The van der Waals surface area contributed by atoms with Gasteiger partial charge in [0.05, 0.1) is 10.5 Å². The van der Waals surface area contributed by atoms with Crippen LogP contribution in [0.2, 0.25) is 0 Å². The first-order valence-corrected chi connectivity index (χ1v) is 6.20. The highest BCUT2D eigenvalue weighted by molar-refractivity contribution is 8.13. The third-order valence-electron chi connectivity index (χ3n) is 1.72. The number of rotatable bonds is 2. The standard InChI is InChI=1S/C8H3ClF4O3S/c9-17(15,16)4-1-2-6(10)5(3-4)7(14)8(11,12)13/h1-3H. The highest BCUT2D eigenvalue weighted by atomic mass is 35.7. The number of hydrogen-bond acceptors (Lipinski definition) is 3. The van der Waals surface area contributed by atoms with Crippen molar-refractivity contribution in [3.8, 4) is 0 Å². The van der Waals surface area contributed by atoms with Gasteiger partial charge in [-0.2, -0.15) is 13.2 Å². The molecule has 0 aromatic heterocycles. The fourth-order valence-electron chi connectivity index (χ4n) is 0.983. The molecular formula is C8H3ClF4O3S. The molecule has 0 radical (unpaired) electrons. The molecule has 0 saturated heterocycles. The molecule has 0 aliphatic heterocycles. The van der Waals surface area contributed by atoms with E-state index in [0.29, 0.717) is 12.1 Å². The number of carbonyl (C=O) groups excluding carboxylic acids is 1. The zero-order chi connectivity index (χ0) is 13.4. The fourth-order valence-corrected chi connectivity index (χ4v) is 1.76. The second kappa shape index (κ2) is 4.26. The molecule has 0 unspecified atom stereocenters. The summed E-state index contributed by atoms with van der Waals surface area (Å²) in [7, 11) is 0.524. The van der Waals surface area contributed by atoms with Crippen molar-refractivity contribution in [1.29, 1.82) is 0 Å². The molecule has 1 rings (SSSR count). The van der Waals surface area contributed by atoms with Gasteiger partial charge < -0.3 is 0 Å². The minimum Gasteiger partial charge on any atom is -0.284 e. The lowest BCUT2D eigenvalue weighted by Crippen LogP contribution is -2.24. The van der Waals surface area contributed by atoms with E-state index in [1.165, 1.54) is 0 Å². The first-order valence-electron chi connectivity index (χ1n) is 3.89. The van der Waals surface area contributed by atoms with Crippen LogP contribution < -0.4 is 0 Å². The fraction of sp³-hybridized carbons (Fsp3) is 0.125. The summed E-state index contributed by atoms with van der Waals surface area (Å²) in [5, 5.41) is 0. The predicted octanol–water partition coefficient (Wildman–Crippen LogP) is 2.50. The maximum atomic E-state index is 13.0. The van der Waals surface area contributed by atoms with Crippen LogP contribution >= 0.6 is 10.7 Å². The third kappa shape index (κ3) is 3.16. The van der Waals surface area contributed by atoms with E-state index in [0.717, 1.165) is 0 Å². The van der Waals surface area contributed by atoms with Gasteiger partial charge in [-0.05, 0) is 18.2 Å². The Morgan fingerprint density at radius 3 is 2.18 bits per heavy atom. The van der Waals surface area contributed by atoms with E-state index < -0.39 is 37.3 Å². The Labute approximate surface area is 97.4 Å². The molecule has 0 heterocycles. The van der Waals surface area contributed by atoms with Crippen LogP contribution in [0.4, 0.5) is 17.6 Å². The summed E-state index contributed by atoms with van der Waals surface area (Å²) < 4.78 is 70.8. The molecular weight excluding hydrogens is 288 g/mol. The van der Waals surface area contributed by atoms with Crippen molar-refractivity contribution in [2.45, 2.75) is 11.1 Å². The molecule has 17 heavy (non-hydrogen) atoms. The number of benzene rings is 1. The zero-order valence-electron chi connectivity index (χ0n) is 7.75. The Hall–Kier alpha value is -1.15. The average molecular weight is 291 g/mol. The Kier molecular flexibility index (Phi) is 3.49. The summed E-state index contributed by atoms with van der Waals surface area (Å²) in [6.45, 7) is 0. The Balaban J connectivity index is 3.40. The van der Waals surface area contributed by atoms with Gasteiger partial charge in [0, 0.05) is 10.7 Å². The van der Waals surface area contributed by atoms with Gasteiger partial charge in [0.25, 0.3) is 14.8 Å². The number of alkyl halides is 3. The van der Waals surface area contributed by atoms with Crippen molar-refractivity contribution < 1.29 is 30.8 Å². The molecule has 0 N–H and O–H groups in total. The van der Waals surface area contributed by atoms with Gasteiger partial charge in [0.1, 0.15) is 5.82 Å². The lowest BCUT2D eigenvalue weighted by atomic mass is 10.1. The highest BCUT2D eigenvalue weighted by Gasteiger charge is 2.41. The third-order valence-corrected chi connectivity index (χ3v) is 3.07. The minimum absolute atomic E-state index is 0.244. The van der Waals surface area contributed by atoms with Crippen LogP contribution in [0.15, 0.2) is 23.1 Å². The van der Waals surface area contributed by atoms with Crippen molar-refractivity contribution >= 4 is 25.5 Å². The summed E-state index contributed by atoms with van der Waals surface area (Å²) in [5.41, 5.74) is -1.39. The summed E-state index contributed by atoms with van der Waals surface area (Å²) in [6, 6.07) is 1.33. The first-order chi connectivity index (χ1) is 7.53. The van der Waals surface area contributed by atoms with Gasteiger partial charge in [0.2, 0.25) is 0 Å². The first kappa shape index (κ1) is 13.9. The van der Waals surface area contributed by atoms with Crippen LogP contribution in [0.25, 0.3) is 0 Å². The van der Waals surface area contributed by atoms with Crippen LogP contribution in [-0.2, 0) is 9.05 Å². The molecule has 0 spiro atoms. The Morgan fingerprint density at radius 1 is 1.24 bits per heavy atom. The average Bonchev–Trinajstić information content (AvgIpc) is 2.14. The smallest absolute Gasteiger partial charge is 0.284 e. The normalized spacial score (nSPS) is 12.5. The molecule has 1 aromatic rings. The second-order valence-electron chi connectivity index (χ2n) is 2.91. The van der Waals surface area contributed by atoms with Gasteiger partial charge >= 0.3 is 6.18 Å². The number of carbonyl (C=O) groups is 1. The van der Waals surface area contributed by atoms with E-state index in [1.807, 2.05) is 0 Å². The molecule has 0 aliphatic rings.